The molecule has 1 N–H and O–H groups in total. The summed E-state index contributed by atoms with van der Waals surface area (Å²) in [5.41, 5.74) is 2.56. The largest absolute Gasteiger partial charge is 0.483 e. The van der Waals surface area contributed by atoms with Gasteiger partial charge in [-0.15, -0.1) is 0 Å². The van der Waals surface area contributed by atoms with Crippen molar-refractivity contribution in [3.63, 3.8) is 0 Å². The van der Waals surface area contributed by atoms with Gasteiger partial charge >= 0.3 is 0 Å². The number of aryl methyl sites for hydroxylation is 2. The van der Waals surface area contributed by atoms with Crippen LogP contribution >= 0.6 is 11.6 Å². The average Bonchev–Trinajstić information content (AvgIpc) is 3.11. The molecule has 4 rings (SSSR count). The van der Waals surface area contributed by atoms with Gasteiger partial charge in [0.25, 0.3) is 11.8 Å². The number of carbonyl (C=O) groups excluding carboxylic acids is 2. The number of rotatable bonds is 5. The van der Waals surface area contributed by atoms with E-state index in [0.717, 1.165) is 11.1 Å². The Bertz CT molecular complexity index is 1110. The highest BCUT2D eigenvalue weighted by Crippen LogP contribution is 2.32. The minimum atomic E-state index is -0.392. The highest BCUT2D eigenvalue weighted by Gasteiger charge is 2.27. The fourth-order valence-corrected chi connectivity index (χ4v) is 4.00. The lowest BCUT2D eigenvalue weighted by molar-refractivity contribution is -0.118. The molecule has 1 aromatic heterocycles. The highest BCUT2D eigenvalue weighted by atomic mass is 35.5. The first-order valence-electron chi connectivity index (χ1n) is 10.0. The van der Waals surface area contributed by atoms with Gasteiger partial charge in [0.15, 0.2) is 6.61 Å². The Morgan fingerprint density at radius 1 is 1.13 bits per heavy atom. The van der Waals surface area contributed by atoms with E-state index >= 15 is 0 Å². The number of ether oxygens (including phenoxy) is 2. The molecule has 1 aliphatic rings. The van der Waals surface area contributed by atoms with Crippen LogP contribution in [0.15, 0.2) is 40.8 Å². The van der Waals surface area contributed by atoms with Crippen LogP contribution in [0.2, 0.25) is 5.02 Å². The van der Waals surface area contributed by atoms with Crippen LogP contribution in [0.5, 0.6) is 5.75 Å². The zero-order valence-electron chi connectivity index (χ0n) is 17.4. The fourth-order valence-electron chi connectivity index (χ4n) is 3.67. The van der Waals surface area contributed by atoms with Crippen LogP contribution in [0.3, 0.4) is 0 Å². The second-order valence-corrected chi connectivity index (χ2v) is 7.85. The molecule has 2 aromatic carbocycles. The number of nitrogens with one attached hydrogen (secondary N) is 1. The molecular weight excluding hydrogens is 420 g/mol. The first-order chi connectivity index (χ1) is 14.9. The molecule has 0 atom stereocenters. The van der Waals surface area contributed by atoms with E-state index < -0.39 is 5.91 Å². The molecule has 0 aliphatic carbocycles. The number of hydrogen-bond donors (Lipinski definition) is 1. The van der Waals surface area contributed by atoms with Crippen molar-refractivity contribution >= 4 is 40.1 Å². The molecule has 1 aliphatic heterocycles. The molecule has 1 fully saturated rings. The molecule has 0 spiro atoms. The third-order valence-electron chi connectivity index (χ3n) is 5.13. The molecule has 0 saturated carbocycles. The van der Waals surface area contributed by atoms with Gasteiger partial charge in [-0.1, -0.05) is 23.7 Å². The van der Waals surface area contributed by atoms with Crippen molar-refractivity contribution in [3.8, 4) is 5.75 Å². The molecule has 7 nitrogen and oxygen atoms in total. The summed E-state index contributed by atoms with van der Waals surface area (Å²) in [6.07, 6.45) is 0. The van der Waals surface area contributed by atoms with Gasteiger partial charge in [0.2, 0.25) is 5.76 Å². The standard InChI is InChI=1S/C23H23ClN2O5/c1-14-11-16(24)12-15(2)21(14)30-13-19(27)25-20-17-5-3-4-6-18(17)31-22(20)23(28)26-7-9-29-10-8-26/h3-6,11-12H,7-10,13H2,1-2H3,(H,25,27). The number of anilines is 1. The highest BCUT2D eigenvalue weighted by molar-refractivity contribution is 6.30. The summed E-state index contributed by atoms with van der Waals surface area (Å²) < 4.78 is 16.9. The number of fused-ring (bicyclic) bond motifs is 1. The summed E-state index contributed by atoms with van der Waals surface area (Å²) >= 11 is 6.06. The van der Waals surface area contributed by atoms with Gasteiger partial charge in [-0.05, 0) is 49.2 Å². The monoisotopic (exact) mass is 442 g/mol. The number of benzene rings is 2. The van der Waals surface area contributed by atoms with E-state index in [4.69, 9.17) is 25.5 Å². The second kappa shape index (κ2) is 8.99. The second-order valence-electron chi connectivity index (χ2n) is 7.41. The molecule has 31 heavy (non-hydrogen) atoms. The number of halogens is 1. The molecule has 3 aromatic rings. The Kier molecular flexibility index (Phi) is 6.15. The number of carbonyl (C=O) groups is 2. The molecule has 2 heterocycles. The molecule has 2 amide bonds. The minimum Gasteiger partial charge on any atom is -0.483 e. The van der Waals surface area contributed by atoms with Crippen molar-refractivity contribution in [2.75, 3.05) is 38.2 Å². The van der Waals surface area contributed by atoms with Gasteiger partial charge in [0.1, 0.15) is 17.0 Å². The van der Waals surface area contributed by atoms with Crippen molar-refractivity contribution in [2.24, 2.45) is 0 Å². The zero-order chi connectivity index (χ0) is 22.0. The van der Waals surface area contributed by atoms with Crippen LogP contribution in [0, 0.1) is 13.8 Å². The lowest BCUT2D eigenvalue weighted by Gasteiger charge is -2.26. The first-order valence-corrected chi connectivity index (χ1v) is 10.4. The van der Waals surface area contributed by atoms with E-state index in [2.05, 4.69) is 5.32 Å². The Balaban J connectivity index is 1.56. The number of amides is 2. The maximum Gasteiger partial charge on any atom is 0.291 e. The van der Waals surface area contributed by atoms with E-state index in [1.165, 1.54) is 0 Å². The molecular formula is C23H23ClN2O5. The van der Waals surface area contributed by atoms with E-state index in [0.29, 0.717) is 53.7 Å². The molecule has 0 radical (unpaired) electrons. The fraction of sp³-hybridized carbons (Fsp3) is 0.304. The number of furan rings is 1. The summed E-state index contributed by atoms with van der Waals surface area (Å²) in [5.74, 6) is 0.0490. The molecule has 162 valence electrons. The smallest absolute Gasteiger partial charge is 0.291 e. The maximum absolute atomic E-state index is 13.1. The zero-order valence-corrected chi connectivity index (χ0v) is 18.1. The quantitative estimate of drug-likeness (QED) is 0.640. The summed E-state index contributed by atoms with van der Waals surface area (Å²) in [7, 11) is 0. The third-order valence-corrected chi connectivity index (χ3v) is 5.34. The van der Waals surface area contributed by atoms with E-state index in [1.54, 1.807) is 29.2 Å². The van der Waals surface area contributed by atoms with Crippen LogP contribution in [0.1, 0.15) is 21.7 Å². The Morgan fingerprint density at radius 2 is 1.81 bits per heavy atom. The number of nitrogens with zero attached hydrogens (tertiary/aromatic N) is 1. The van der Waals surface area contributed by atoms with Crippen LogP contribution in [0.25, 0.3) is 11.0 Å². The number of hydrogen-bond acceptors (Lipinski definition) is 5. The third kappa shape index (κ3) is 4.52. The number of para-hydroxylation sites is 1. The summed E-state index contributed by atoms with van der Waals surface area (Å²) in [6, 6.07) is 10.8. The van der Waals surface area contributed by atoms with Crippen molar-refractivity contribution < 1.29 is 23.5 Å². The summed E-state index contributed by atoms with van der Waals surface area (Å²) in [6.45, 7) is 5.42. The van der Waals surface area contributed by atoms with Gasteiger partial charge in [-0.25, -0.2) is 0 Å². The molecule has 8 heteroatoms. The van der Waals surface area contributed by atoms with Gasteiger partial charge in [-0.2, -0.15) is 0 Å². The predicted octanol–water partition coefficient (Wildman–Crippen LogP) is 4.19. The molecule has 1 saturated heterocycles. The van der Waals surface area contributed by atoms with Crippen LogP contribution in [0.4, 0.5) is 5.69 Å². The van der Waals surface area contributed by atoms with E-state index in [9.17, 15) is 9.59 Å². The first kappa shape index (κ1) is 21.2. The Morgan fingerprint density at radius 3 is 2.52 bits per heavy atom. The topological polar surface area (TPSA) is 81.0 Å². The van der Waals surface area contributed by atoms with Gasteiger partial charge in [0.05, 0.1) is 13.2 Å². The van der Waals surface area contributed by atoms with Crippen molar-refractivity contribution in [1.29, 1.82) is 0 Å². The van der Waals surface area contributed by atoms with E-state index in [-0.39, 0.29) is 18.3 Å². The minimum absolute atomic E-state index is 0.107. The van der Waals surface area contributed by atoms with Crippen LogP contribution < -0.4 is 10.1 Å². The maximum atomic E-state index is 13.1. The van der Waals surface area contributed by atoms with Crippen LogP contribution in [-0.2, 0) is 9.53 Å². The van der Waals surface area contributed by atoms with Gasteiger partial charge in [0, 0.05) is 23.5 Å². The Labute approximate surface area is 184 Å². The predicted molar refractivity (Wildman–Crippen MR) is 118 cm³/mol. The molecule has 0 unspecified atom stereocenters. The normalized spacial score (nSPS) is 14.0. The van der Waals surface area contributed by atoms with E-state index in [1.807, 2.05) is 26.0 Å². The van der Waals surface area contributed by atoms with Crippen molar-refractivity contribution in [3.05, 3.63) is 58.3 Å². The van der Waals surface area contributed by atoms with Crippen molar-refractivity contribution in [2.45, 2.75) is 13.8 Å². The average molecular weight is 443 g/mol. The SMILES string of the molecule is Cc1cc(Cl)cc(C)c1OCC(=O)Nc1c(C(=O)N2CCOCC2)oc2ccccc12. The summed E-state index contributed by atoms with van der Waals surface area (Å²) in [5, 5.41) is 4.08. The summed E-state index contributed by atoms with van der Waals surface area (Å²) in [4.78, 5) is 27.4. The number of morpholine rings is 1. The lowest BCUT2D eigenvalue weighted by atomic mass is 10.1. The van der Waals surface area contributed by atoms with Gasteiger partial charge < -0.3 is 24.1 Å². The van der Waals surface area contributed by atoms with Gasteiger partial charge in [-0.3, -0.25) is 9.59 Å². The lowest BCUT2D eigenvalue weighted by Crippen LogP contribution is -2.40. The van der Waals surface area contributed by atoms with Crippen LogP contribution in [-0.4, -0.2) is 49.6 Å². The molecule has 0 bridgehead atoms. The van der Waals surface area contributed by atoms with Crippen molar-refractivity contribution in [1.82, 2.24) is 4.90 Å². The Hall–Kier alpha value is -3.03.